The molecule has 36 heavy (non-hydrogen) atoms. The quantitative estimate of drug-likeness (QED) is 0.255. The number of rotatable bonds is 8. The summed E-state index contributed by atoms with van der Waals surface area (Å²) in [7, 11) is -2.34. The summed E-state index contributed by atoms with van der Waals surface area (Å²) in [4.78, 5) is 13.9. The van der Waals surface area contributed by atoms with Gasteiger partial charge in [-0.05, 0) is 86.8 Å². The molecule has 11 heteroatoms. The van der Waals surface area contributed by atoms with E-state index in [1.165, 1.54) is 35.5 Å². The Labute approximate surface area is 220 Å². The monoisotopic (exact) mass is 545 g/mol. The van der Waals surface area contributed by atoms with E-state index in [2.05, 4.69) is 15.4 Å². The zero-order chi connectivity index (χ0) is 25.7. The van der Waals surface area contributed by atoms with Crippen LogP contribution in [0.2, 0.25) is 0 Å². The van der Waals surface area contributed by atoms with Crippen molar-refractivity contribution in [2.75, 3.05) is 29.1 Å². The van der Waals surface area contributed by atoms with Crippen molar-refractivity contribution in [3.8, 4) is 5.75 Å². The topological polar surface area (TPSA) is 106 Å². The lowest BCUT2D eigenvalue weighted by molar-refractivity contribution is 0.0526. The van der Waals surface area contributed by atoms with Gasteiger partial charge in [-0.15, -0.1) is 11.3 Å². The van der Waals surface area contributed by atoms with Crippen LogP contribution < -0.4 is 20.1 Å². The highest BCUT2D eigenvalue weighted by atomic mass is 32.2. The second-order valence-corrected chi connectivity index (χ2v) is 11.2. The maximum atomic E-state index is 12.8. The zero-order valence-electron chi connectivity index (χ0n) is 19.9. The molecule has 1 aliphatic rings. The summed E-state index contributed by atoms with van der Waals surface area (Å²) in [6.45, 7) is 2.08. The number of ether oxygens (including phenoxy) is 2. The number of hydrogen-bond acceptors (Lipinski definition) is 7. The molecular formula is C25H27N3O5S3. The molecule has 4 rings (SSSR count). The number of hydrogen-bond donors (Lipinski definition) is 3. The molecule has 190 valence electrons. The predicted octanol–water partition coefficient (Wildman–Crippen LogP) is 5.42. The van der Waals surface area contributed by atoms with Gasteiger partial charge in [0.2, 0.25) is 0 Å². The first-order valence-corrected chi connectivity index (χ1v) is 14.2. The highest BCUT2D eigenvalue weighted by molar-refractivity contribution is 7.92. The minimum atomic E-state index is -3.82. The van der Waals surface area contributed by atoms with E-state index >= 15 is 0 Å². The van der Waals surface area contributed by atoms with Gasteiger partial charge in [0.15, 0.2) is 5.11 Å². The van der Waals surface area contributed by atoms with Gasteiger partial charge in [-0.2, -0.15) is 0 Å². The molecule has 0 saturated carbocycles. The average molecular weight is 546 g/mol. The molecule has 2 aromatic carbocycles. The van der Waals surface area contributed by atoms with Crippen molar-refractivity contribution < 1.29 is 22.7 Å². The van der Waals surface area contributed by atoms with Crippen molar-refractivity contribution in [1.82, 2.24) is 0 Å². The van der Waals surface area contributed by atoms with Crippen molar-refractivity contribution in [3.05, 3.63) is 64.5 Å². The lowest BCUT2D eigenvalue weighted by atomic mass is 9.95. The molecule has 0 fully saturated rings. The molecule has 0 amide bonds. The Hall–Kier alpha value is -3.15. The molecule has 0 radical (unpaired) electrons. The Morgan fingerprint density at radius 2 is 1.78 bits per heavy atom. The van der Waals surface area contributed by atoms with E-state index in [4.69, 9.17) is 21.7 Å². The number of anilines is 3. The summed E-state index contributed by atoms with van der Waals surface area (Å²) in [5.41, 5.74) is 2.56. The highest BCUT2D eigenvalue weighted by Gasteiger charge is 2.27. The Morgan fingerprint density at radius 1 is 1.06 bits per heavy atom. The van der Waals surface area contributed by atoms with Crippen LogP contribution in [-0.4, -0.2) is 33.2 Å². The Balaban J connectivity index is 1.46. The summed E-state index contributed by atoms with van der Waals surface area (Å²) >= 11 is 7.01. The number of methoxy groups -OCH3 is 1. The number of para-hydroxylation sites is 2. The number of nitrogens with one attached hydrogen (secondary N) is 3. The lowest BCUT2D eigenvalue weighted by Crippen LogP contribution is -2.20. The third kappa shape index (κ3) is 5.80. The second kappa shape index (κ2) is 11.3. The molecule has 0 spiro atoms. The summed E-state index contributed by atoms with van der Waals surface area (Å²) < 4.78 is 38.7. The van der Waals surface area contributed by atoms with E-state index in [-0.39, 0.29) is 10.9 Å². The molecule has 3 N–H and O–H groups in total. The maximum Gasteiger partial charge on any atom is 0.341 e. The number of aryl methyl sites for hydroxylation is 1. The molecular weight excluding hydrogens is 518 g/mol. The number of thiocarbonyl (C=S) groups is 1. The van der Waals surface area contributed by atoms with E-state index in [0.717, 1.165) is 31.2 Å². The van der Waals surface area contributed by atoms with Crippen LogP contribution in [0.1, 0.15) is 40.6 Å². The van der Waals surface area contributed by atoms with Crippen LogP contribution in [0.5, 0.6) is 5.75 Å². The Bertz CT molecular complexity index is 1370. The summed E-state index contributed by atoms with van der Waals surface area (Å²) in [5.74, 6) is 0.0764. The van der Waals surface area contributed by atoms with Gasteiger partial charge in [-0.1, -0.05) is 12.1 Å². The van der Waals surface area contributed by atoms with E-state index in [9.17, 15) is 13.2 Å². The van der Waals surface area contributed by atoms with E-state index in [1.807, 2.05) is 0 Å². The molecule has 0 atom stereocenters. The normalized spacial score (nSPS) is 12.8. The standard InChI is InChI=1S/C25H27N3O5S3/c1-3-33-24(29)22-18-8-4-7-11-21(18)35-23(22)27-25(34)26-16-12-14-17(15-13-16)36(30,31)28-19-9-5-6-10-20(19)32-2/h5-6,9-10,12-15,28H,3-4,7-8,11H2,1-2H3,(H2,26,27,34). The maximum absolute atomic E-state index is 12.8. The second-order valence-electron chi connectivity index (χ2n) is 8.04. The SMILES string of the molecule is CCOC(=O)c1c(NC(=S)Nc2ccc(S(=O)(=O)Nc3ccccc3OC)cc2)sc2c1CCCC2. The van der Waals surface area contributed by atoms with Crippen molar-refractivity contribution in [2.24, 2.45) is 0 Å². The minimum absolute atomic E-state index is 0.0911. The largest absolute Gasteiger partial charge is 0.495 e. The van der Waals surface area contributed by atoms with E-state index < -0.39 is 10.0 Å². The first-order chi connectivity index (χ1) is 17.3. The zero-order valence-corrected chi connectivity index (χ0v) is 22.4. The van der Waals surface area contributed by atoms with E-state index in [0.29, 0.717) is 39.4 Å². The molecule has 1 aromatic heterocycles. The first kappa shape index (κ1) is 25.9. The number of esters is 1. The fourth-order valence-electron chi connectivity index (χ4n) is 3.99. The van der Waals surface area contributed by atoms with Gasteiger partial charge >= 0.3 is 5.97 Å². The van der Waals surface area contributed by atoms with Gasteiger partial charge in [0.25, 0.3) is 10.0 Å². The van der Waals surface area contributed by atoms with Gasteiger partial charge in [0, 0.05) is 10.6 Å². The number of carbonyl (C=O) groups is 1. The van der Waals surface area contributed by atoms with Crippen molar-refractivity contribution in [1.29, 1.82) is 0 Å². The number of fused-ring (bicyclic) bond motifs is 1. The highest BCUT2D eigenvalue weighted by Crippen LogP contribution is 2.38. The molecule has 8 nitrogen and oxygen atoms in total. The molecule has 1 aliphatic carbocycles. The molecule has 3 aromatic rings. The number of benzene rings is 2. The van der Waals surface area contributed by atoms with Gasteiger partial charge in [0.05, 0.1) is 29.9 Å². The van der Waals surface area contributed by atoms with Gasteiger partial charge in [0.1, 0.15) is 10.8 Å². The van der Waals surface area contributed by atoms with Gasteiger partial charge in [-0.3, -0.25) is 4.72 Å². The van der Waals surface area contributed by atoms with E-state index in [1.54, 1.807) is 43.3 Å². The van der Waals surface area contributed by atoms with Crippen molar-refractivity contribution in [3.63, 3.8) is 0 Å². The van der Waals surface area contributed by atoms with Crippen LogP contribution in [0.15, 0.2) is 53.4 Å². The number of sulfonamides is 1. The predicted molar refractivity (Wildman–Crippen MR) is 147 cm³/mol. The molecule has 0 bridgehead atoms. The fourth-order valence-corrected chi connectivity index (χ4v) is 6.63. The van der Waals surface area contributed by atoms with Crippen molar-refractivity contribution in [2.45, 2.75) is 37.5 Å². The molecule has 0 saturated heterocycles. The van der Waals surface area contributed by atoms with Crippen LogP contribution in [0.25, 0.3) is 0 Å². The molecule has 0 unspecified atom stereocenters. The summed E-state index contributed by atoms with van der Waals surface area (Å²) in [6.07, 6.45) is 3.92. The van der Waals surface area contributed by atoms with Crippen LogP contribution in [0.4, 0.5) is 16.4 Å². The van der Waals surface area contributed by atoms with Gasteiger partial charge in [-0.25, -0.2) is 13.2 Å². The fraction of sp³-hybridized carbons (Fsp3) is 0.280. The smallest absolute Gasteiger partial charge is 0.341 e. The Morgan fingerprint density at radius 3 is 2.50 bits per heavy atom. The molecule has 0 aliphatic heterocycles. The van der Waals surface area contributed by atoms with Crippen molar-refractivity contribution >= 4 is 61.0 Å². The van der Waals surface area contributed by atoms with Crippen LogP contribution in [0, 0.1) is 0 Å². The third-order valence-corrected chi connectivity index (χ3v) is 8.44. The minimum Gasteiger partial charge on any atom is -0.495 e. The van der Waals surface area contributed by atoms with Crippen LogP contribution in [0.3, 0.4) is 0 Å². The number of carbonyl (C=O) groups excluding carboxylic acids is 1. The Kier molecular flexibility index (Phi) is 8.12. The molecule has 1 heterocycles. The summed E-state index contributed by atoms with van der Waals surface area (Å²) in [5, 5.41) is 7.15. The van der Waals surface area contributed by atoms with Gasteiger partial charge < -0.3 is 20.1 Å². The number of thiophene rings is 1. The lowest BCUT2D eigenvalue weighted by Gasteiger charge is -2.14. The van der Waals surface area contributed by atoms with Crippen LogP contribution >= 0.6 is 23.6 Å². The van der Waals surface area contributed by atoms with Crippen LogP contribution in [-0.2, 0) is 27.6 Å². The summed E-state index contributed by atoms with van der Waals surface area (Å²) in [6, 6.07) is 13.0. The first-order valence-electron chi connectivity index (χ1n) is 11.5. The third-order valence-electron chi connectivity index (χ3n) is 5.65. The average Bonchev–Trinajstić information content (AvgIpc) is 3.22.